The number of nitrogens with zero attached hydrogens (tertiary/aromatic N) is 2. The van der Waals surface area contributed by atoms with E-state index >= 15 is 0 Å². The van der Waals surface area contributed by atoms with Crippen molar-refractivity contribution in [2.24, 2.45) is 0 Å². The molecule has 6 heteroatoms. The zero-order valence-electron chi connectivity index (χ0n) is 17.5. The molecule has 0 radical (unpaired) electrons. The van der Waals surface area contributed by atoms with Gasteiger partial charge in [-0.2, -0.15) is 0 Å². The van der Waals surface area contributed by atoms with Gasteiger partial charge in [0.05, 0.1) is 6.61 Å². The molecule has 2 heterocycles. The Kier molecular flexibility index (Phi) is 6.59. The topological polar surface area (TPSA) is 65.4 Å². The number of rotatable bonds is 9. The molecule has 6 nitrogen and oxygen atoms in total. The van der Waals surface area contributed by atoms with Crippen LogP contribution in [0.5, 0.6) is 5.88 Å². The number of aromatic nitrogens is 2. The summed E-state index contributed by atoms with van der Waals surface area (Å²) in [5, 5.41) is 4.06. The van der Waals surface area contributed by atoms with Gasteiger partial charge < -0.3 is 19.4 Å². The van der Waals surface area contributed by atoms with Crippen molar-refractivity contribution < 1.29 is 14.3 Å². The van der Waals surface area contributed by atoms with E-state index in [4.69, 9.17) is 9.47 Å². The highest BCUT2D eigenvalue weighted by Crippen LogP contribution is 2.22. The Hall–Kier alpha value is -3.64. The van der Waals surface area contributed by atoms with Crippen molar-refractivity contribution >= 4 is 16.8 Å². The van der Waals surface area contributed by atoms with E-state index in [2.05, 4.69) is 27.0 Å². The van der Waals surface area contributed by atoms with Gasteiger partial charge in [-0.15, -0.1) is 0 Å². The molecule has 4 rings (SSSR count). The van der Waals surface area contributed by atoms with Crippen LogP contribution in [-0.2, 0) is 17.8 Å². The molecule has 0 fully saturated rings. The van der Waals surface area contributed by atoms with Crippen molar-refractivity contribution in [3.63, 3.8) is 0 Å². The minimum absolute atomic E-state index is 0.140. The molecular weight excluding hydrogens is 390 g/mol. The van der Waals surface area contributed by atoms with Crippen LogP contribution in [-0.4, -0.2) is 35.8 Å². The fourth-order valence-electron chi connectivity index (χ4n) is 3.51. The summed E-state index contributed by atoms with van der Waals surface area (Å²) in [4.78, 5) is 17.4. The molecule has 158 valence electrons. The molecule has 0 saturated heterocycles. The van der Waals surface area contributed by atoms with Gasteiger partial charge in [0, 0.05) is 42.9 Å². The molecule has 2 aromatic heterocycles. The zero-order chi connectivity index (χ0) is 21.5. The molecular formula is C25H25N3O3. The third kappa shape index (κ3) is 4.92. The number of pyridine rings is 1. The van der Waals surface area contributed by atoms with E-state index in [9.17, 15) is 4.79 Å². The van der Waals surface area contributed by atoms with E-state index in [-0.39, 0.29) is 5.91 Å². The van der Waals surface area contributed by atoms with Gasteiger partial charge >= 0.3 is 0 Å². The lowest BCUT2D eigenvalue weighted by molar-refractivity contribution is 0.0941. The molecule has 0 atom stereocenters. The third-order valence-electron chi connectivity index (χ3n) is 5.04. The largest absolute Gasteiger partial charge is 0.475 e. The minimum atomic E-state index is -0.140. The summed E-state index contributed by atoms with van der Waals surface area (Å²) in [6.45, 7) is 1.82. The number of para-hydroxylation sites is 1. The monoisotopic (exact) mass is 415 g/mol. The van der Waals surface area contributed by atoms with Crippen LogP contribution in [0.2, 0.25) is 0 Å². The van der Waals surface area contributed by atoms with E-state index in [1.54, 1.807) is 13.3 Å². The van der Waals surface area contributed by atoms with Crippen LogP contribution in [0.4, 0.5) is 0 Å². The Labute approximate surface area is 181 Å². The fraction of sp³-hybridized carbons (Fsp3) is 0.200. The number of carbonyl (C=O) groups is 1. The number of hydrogen-bond donors (Lipinski definition) is 1. The molecule has 0 unspecified atom stereocenters. The molecule has 0 bridgehead atoms. The minimum Gasteiger partial charge on any atom is -0.475 e. The Morgan fingerprint density at radius 2 is 1.81 bits per heavy atom. The molecule has 0 aliphatic heterocycles. The number of hydrogen-bond acceptors (Lipinski definition) is 4. The van der Waals surface area contributed by atoms with E-state index in [1.165, 1.54) is 0 Å². The van der Waals surface area contributed by atoms with Crippen molar-refractivity contribution in [3.8, 4) is 5.88 Å². The average Bonchev–Trinajstić information content (AvgIpc) is 3.17. The van der Waals surface area contributed by atoms with Gasteiger partial charge in [0.15, 0.2) is 0 Å². The first-order chi connectivity index (χ1) is 15.3. The van der Waals surface area contributed by atoms with Crippen molar-refractivity contribution in [3.05, 3.63) is 95.8 Å². The molecule has 0 aliphatic rings. The summed E-state index contributed by atoms with van der Waals surface area (Å²) in [7, 11) is 1.62. The van der Waals surface area contributed by atoms with E-state index in [0.29, 0.717) is 37.9 Å². The number of nitrogens with one attached hydrogen (secondary N) is 1. The van der Waals surface area contributed by atoms with Crippen molar-refractivity contribution in [1.29, 1.82) is 0 Å². The van der Waals surface area contributed by atoms with Crippen LogP contribution in [0, 0.1) is 0 Å². The van der Waals surface area contributed by atoms with Gasteiger partial charge in [-0.1, -0.05) is 54.6 Å². The number of methoxy groups -OCH3 is 1. The molecule has 0 spiro atoms. The predicted molar refractivity (Wildman–Crippen MR) is 120 cm³/mol. The SMILES string of the molecule is COCCOc1ncccc1CNC(=O)c1cc2ccccc2n1Cc1ccccc1. The average molecular weight is 415 g/mol. The van der Waals surface area contributed by atoms with E-state index < -0.39 is 0 Å². The summed E-state index contributed by atoms with van der Waals surface area (Å²) >= 11 is 0. The van der Waals surface area contributed by atoms with Gasteiger partial charge in [0.1, 0.15) is 12.3 Å². The molecule has 0 saturated carbocycles. The number of fused-ring (bicyclic) bond motifs is 1. The molecule has 1 N–H and O–H groups in total. The summed E-state index contributed by atoms with van der Waals surface area (Å²) in [6.07, 6.45) is 1.67. The number of ether oxygens (including phenoxy) is 2. The second-order valence-corrected chi connectivity index (χ2v) is 7.15. The predicted octanol–water partition coefficient (Wildman–Crippen LogP) is 4.04. The first-order valence-corrected chi connectivity index (χ1v) is 10.2. The van der Waals surface area contributed by atoms with Crippen LogP contribution in [0.3, 0.4) is 0 Å². The smallest absolute Gasteiger partial charge is 0.268 e. The van der Waals surface area contributed by atoms with Gasteiger partial charge in [0.2, 0.25) is 5.88 Å². The first-order valence-electron chi connectivity index (χ1n) is 10.2. The van der Waals surface area contributed by atoms with Crippen molar-refractivity contribution in [2.75, 3.05) is 20.3 Å². The lowest BCUT2D eigenvalue weighted by atomic mass is 10.2. The highest BCUT2D eigenvalue weighted by Gasteiger charge is 2.16. The highest BCUT2D eigenvalue weighted by molar-refractivity contribution is 5.98. The maximum Gasteiger partial charge on any atom is 0.268 e. The van der Waals surface area contributed by atoms with E-state index in [0.717, 1.165) is 22.0 Å². The van der Waals surface area contributed by atoms with E-state index in [1.807, 2.05) is 60.7 Å². The zero-order valence-corrected chi connectivity index (χ0v) is 17.5. The Morgan fingerprint density at radius 3 is 2.65 bits per heavy atom. The van der Waals surface area contributed by atoms with Crippen LogP contribution in [0.25, 0.3) is 10.9 Å². The molecule has 31 heavy (non-hydrogen) atoms. The summed E-state index contributed by atoms with van der Waals surface area (Å²) in [5.41, 5.74) is 3.61. The van der Waals surface area contributed by atoms with Gasteiger partial charge in [0.25, 0.3) is 5.91 Å². The lowest BCUT2D eigenvalue weighted by Gasteiger charge is -2.13. The third-order valence-corrected chi connectivity index (χ3v) is 5.04. The van der Waals surface area contributed by atoms with Gasteiger partial charge in [-0.3, -0.25) is 4.79 Å². The van der Waals surface area contributed by atoms with Gasteiger partial charge in [-0.05, 0) is 23.8 Å². The highest BCUT2D eigenvalue weighted by atomic mass is 16.5. The normalized spacial score (nSPS) is 10.9. The maximum absolute atomic E-state index is 13.2. The molecule has 0 aliphatic carbocycles. The van der Waals surface area contributed by atoms with Crippen LogP contribution < -0.4 is 10.1 Å². The molecule has 2 aromatic carbocycles. The van der Waals surface area contributed by atoms with Gasteiger partial charge in [-0.25, -0.2) is 4.98 Å². The molecule has 4 aromatic rings. The Bertz CT molecular complexity index is 1160. The first kappa shape index (κ1) is 20.6. The number of carbonyl (C=O) groups excluding carboxylic acids is 1. The maximum atomic E-state index is 13.2. The van der Waals surface area contributed by atoms with Crippen molar-refractivity contribution in [1.82, 2.24) is 14.9 Å². The van der Waals surface area contributed by atoms with Crippen LogP contribution >= 0.6 is 0 Å². The van der Waals surface area contributed by atoms with Crippen molar-refractivity contribution in [2.45, 2.75) is 13.1 Å². The number of benzene rings is 2. The van der Waals surface area contributed by atoms with Crippen LogP contribution in [0.15, 0.2) is 79.0 Å². The fourth-order valence-corrected chi connectivity index (χ4v) is 3.51. The Morgan fingerprint density at radius 1 is 1.00 bits per heavy atom. The quantitative estimate of drug-likeness (QED) is 0.419. The summed E-state index contributed by atoms with van der Waals surface area (Å²) < 4.78 is 12.8. The second kappa shape index (κ2) is 9.91. The summed E-state index contributed by atoms with van der Waals surface area (Å²) in [6, 6.07) is 23.8. The molecule has 1 amide bonds. The van der Waals surface area contributed by atoms with Crippen LogP contribution in [0.1, 0.15) is 21.6 Å². The lowest BCUT2D eigenvalue weighted by Crippen LogP contribution is -2.26. The standard InChI is InChI=1S/C25H25N3O3/c1-30-14-15-31-25-21(11-7-13-26-25)17-27-24(29)23-16-20-10-5-6-12-22(20)28(23)18-19-8-3-2-4-9-19/h2-13,16H,14-15,17-18H2,1H3,(H,27,29). The Balaban J connectivity index is 1.55. The second-order valence-electron chi connectivity index (χ2n) is 7.15. The number of amides is 1. The summed E-state index contributed by atoms with van der Waals surface area (Å²) in [5.74, 6) is 0.364.